The van der Waals surface area contributed by atoms with Crippen LogP contribution >= 0.6 is 0 Å². The molecule has 0 N–H and O–H groups in total. The monoisotopic (exact) mass is 320 g/mol. The van der Waals surface area contributed by atoms with Crippen LogP contribution in [0.15, 0.2) is 28.7 Å². The molecule has 2 aromatic rings. The van der Waals surface area contributed by atoms with E-state index < -0.39 is 5.82 Å². The summed E-state index contributed by atoms with van der Waals surface area (Å²) < 4.78 is 30.1. The maximum atomic E-state index is 13.4. The van der Waals surface area contributed by atoms with E-state index in [1.807, 2.05) is 0 Å². The molecule has 0 bridgehead atoms. The number of halogens is 1. The number of benzene rings is 1. The highest BCUT2D eigenvalue weighted by Gasteiger charge is 2.20. The molecule has 0 spiro atoms. The Morgan fingerprint density at radius 2 is 1.96 bits per heavy atom. The number of aromatic nitrogens is 2. The Labute approximate surface area is 134 Å². The van der Waals surface area contributed by atoms with Crippen LogP contribution in [0.1, 0.15) is 44.4 Å². The Morgan fingerprint density at radius 3 is 2.74 bits per heavy atom. The van der Waals surface area contributed by atoms with E-state index >= 15 is 0 Å². The van der Waals surface area contributed by atoms with E-state index in [9.17, 15) is 4.39 Å². The molecular weight excluding hydrogens is 299 g/mol. The van der Waals surface area contributed by atoms with Gasteiger partial charge in [0, 0.05) is 0 Å². The molecule has 1 aromatic heterocycles. The van der Waals surface area contributed by atoms with Gasteiger partial charge in [-0.05, 0) is 30.9 Å². The van der Waals surface area contributed by atoms with E-state index in [1.165, 1.54) is 18.9 Å². The fourth-order valence-corrected chi connectivity index (χ4v) is 2.83. The maximum absolute atomic E-state index is 13.4. The summed E-state index contributed by atoms with van der Waals surface area (Å²) in [6, 6.07) is 6.21. The fraction of sp³-hybridized carbons (Fsp3) is 0.529. The normalized spacial score (nSPS) is 21.3. The topological polar surface area (TPSA) is 57.4 Å². The third-order valence-corrected chi connectivity index (χ3v) is 4.03. The van der Waals surface area contributed by atoms with Crippen molar-refractivity contribution in [3.63, 3.8) is 0 Å². The predicted molar refractivity (Wildman–Crippen MR) is 81.2 cm³/mol. The summed E-state index contributed by atoms with van der Waals surface area (Å²) in [6.45, 7) is 2.60. The molecule has 0 aliphatic heterocycles. The quantitative estimate of drug-likeness (QED) is 0.808. The zero-order valence-corrected chi connectivity index (χ0v) is 13.2. The lowest BCUT2D eigenvalue weighted by molar-refractivity contribution is -0.00520. The van der Waals surface area contributed by atoms with Crippen molar-refractivity contribution in [3.8, 4) is 5.75 Å². The molecule has 0 amide bonds. The summed E-state index contributed by atoms with van der Waals surface area (Å²) in [5, 5.41) is 7.83. The van der Waals surface area contributed by atoms with Gasteiger partial charge in [-0.3, -0.25) is 0 Å². The van der Waals surface area contributed by atoms with Gasteiger partial charge in [-0.2, -0.15) is 0 Å². The number of ether oxygens (including phenoxy) is 2. The summed E-state index contributed by atoms with van der Waals surface area (Å²) in [6.07, 6.45) is 4.91. The first-order valence-electron chi connectivity index (χ1n) is 8.01. The molecule has 1 heterocycles. The van der Waals surface area contributed by atoms with Gasteiger partial charge in [0.15, 0.2) is 18.2 Å². The van der Waals surface area contributed by atoms with Gasteiger partial charge in [-0.1, -0.05) is 31.9 Å². The summed E-state index contributed by atoms with van der Waals surface area (Å²) in [5.41, 5.74) is 0. The molecule has 2 atom stereocenters. The molecule has 23 heavy (non-hydrogen) atoms. The zero-order valence-electron chi connectivity index (χ0n) is 13.2. The number of rotatable bonds is 6. The number of hydrogen-bond donors (Lipinski definition) is 0. The smallest absolute Gasteiger partial charge is 0.253 e. The average molecular weight is 320 g/mol. The molecule has 1 aromatic carbocycles. The van der Waals surface area contributed by atoms with Gasteiger partial charge in [0.25, 0.3) is 5.89 Å². The van der Waals surface area contributed by atoms with Crippen molar-refractivity contribution >= 4 is 0 Å². The predicted octanol–water partition coefficient (Wildman–Crippen LogP) is 3.88. The third-order valence-electron chi connectivity index (χ3n) is 4.03. The highest BCUT2D eigenvalue weighted by molar-refractivity contribution is 5.23. The SMILES string of the molecule is CC1CCCC(OCc2nnc(COc3ccccc3F)o2)C1. The van der Waals surface area contributed by atoms with Gasteiger partial charge in [0.2, 0.25) is 5.89 Å². The van der Waals surface area contributed by atoms with Crippen LogP contribution in [-0.2, 0) is 18.0 Å². The van der Waals surface area contributed by atoms with Gasteiger partial charge >= 0.3 is 0 Å². The van der Waals surface area contributed by atoms with Crippen LogP contribution in [0.3, 0.4) is 0 Å². The number of hydrogen-bond acceptors (Lipinski definition) is 5. The van der Waals surface area contributed by atoms with Crippen LogP contribution in [0, 0.1) is 11.7 Å². The standard InChI is InChI=1S/C17H21FN2O3/c1-12-5-4-6-13(9-12)21-10-16-19-20-17(23-16)11-22-15-8-3-2-7-14(15)18/h2-3,7-8,12-13H,4-6,9-11H2,1H3. The Balaban J connectivity index is 1.47. The molecular formula is C17H21FN2O3. The van der Waals surface area contributed by atoms with E-state index in [0.717, 1.165) is 12.8 Å². The molecule has 3 rings (SSSR count). The molecule has 1 aliphatic carbocycles. The largest absolute Gasteiger partial charge is 0.481 e. The molecule has 6 heteroatoms. The molecule has 1 aliphatic rings. The molecule has 0 saturated heterocycles. The molecule has 2 unspecified atom stereocenters. The molecule has 0 radical (unpaired) electrons. The van der Waals surface area contributed by atoms with Crippen molar-refractivity contribution in [2.75, 3.05) is 0 Å². The highest BCUT2D eigenvalue weighted by atomic mass is 19.1. The second-order valence-corrected chi connectivity index (χ2v) is 6.01. The van der Waals surface area contributed by atoms with E-state index in [2.05, 4.69) is 17.1 Å². The van der Waals surface area contributed by atoms with Gasteiger partial charge in [-0.15, -0.1) is 10.2 Å². The Bertz CT molecular complexity index is 632. The van der Waals surface area contributed by atoms with E-state index in [0.29, 0.717) is 24.3 Å². The highest BCUT2D eigenvalue weighted by Crippen LogP contribution is 2.26. The second kappa shape index (κ2) is 7.55. The summed E-state index contributed by atoms with van der Waals surface area (Å²) in [7, 11) is 0. The first-order chi connectivity index (χ1) is 11.2. The van der Waals surface area contributed by atoms with Crippen LogP contribution in [0.5, 0.6) is 5.75 Å². The minimum Gasteiger partial charge on any atom is -0.481 e. The minimum absolute atomic E-state index is 0.0361. The van der Waals surface area contributed by atoms with Crippen molar-refractivity contribution in [3.05, 3.63) is 41.9 Å². The lowest BCUT2D eigenvalue weighted by Gasteiger charge is -2.26. The summed E-state index contributed by atoms with van der Waals surface area (Å²) >= 11 is 0. The van der Waals surface area contributed by atoms with E-state index in [-0.39, 0.29) is 18.5 Å². The molecule has 1 saturated carbocycles. The van der Waals surface area contributed by atoms with Gasteiger partial charge in [0.05, 0.1) is 6.10 Å². The first-order valence-corrected chi connectivity index (χ1v) is 8.01. The van der Waals surface area contributed by atoms with Crippen molar-refractivity contribution in [2.45, 2.75) is 51.9 Å². The number of para-hydroxylation sites is 1. The van der Waals surface area contributed by atoms with Crippen LogP contribution in [0.25, 0.3) is 0 Å². The van der Waals surface area contributed by atoms with Crippen molar-refractivity contribution in [2.24, 2.45) is 5.92 Å². The zero-order chi connectivity index (χ0) is 16.1. The second-order valence-electron chi connectivity index (χ2n) is 6.01. The lowest BCUT2D eigenvalue weighted by Crippen LogP contribution is -2.21. The van der Waals surface area contributed by atoms with E-state index in [1.54, 1.807) is 18.2 Å². The van der Waals surface area contributed by atoms with Gasteiger partial charge in [-0.25, -0.2) is 4.39 Å². The van der Waals surface area contributed by atoms with E-state index in [4.69, 9.17) is 13.9 Å². The molecule has 1 fully saturated rings. The van der Waals surface area contributed by atoms with Crippen molar-refractivity contribution < 1.29 is 18.3 Å². The Morgan fingerprint density at radius 1 is 1.17 bits per heavy atom. The number of nitrogens with zero attached hydrogens (tertiary/aromatic N) is 2. The van der Waals surface area contributed by atoms with Crippen molar-refractivity contribution in [1.29, 1.82) is 0 Å². The van der Waals surface area contributed by atoms with Crippen LogP contribution in [0.2, 0.25) is 0 Å². The third kappa shape index (κ3) is 4.51. The van der Waals surface area contributed by atoms with Gasteiger partial charge < -0.3 is 13.9 Å². The van der Waals surface area contributed by atoms with Crippen molar-refractivity contribution in [1.82, 2.24) is 10.2 Å². The molecule has 124 valence electrons. The average Bonchev–Trinajstić information content (AvgIpc) is 3.00. The Hall–Kier alpha value is -1.95. The minimum atomic E-state index is -0.415. The van der Waals surface area contributed by atoms with Crippen LogP contribution < -0.4 is 4.74 Å². The van der Waals surface area contributed by atoms with Crippen LogP contribution in [-0.4, -0.2) is 16.3 Å². The summed E-state index contributed by atoms with van der Waals surface area (Å²) in [4.78, 5) is 0. The first kappa shape index (κ1) is 15.9. The van der Waals surface area contributed by atoms with Gasteiger partial charge in [0.1, 0.15) is 6.61 Å². The van der Waals surface area contributed by atoms with Crippen LogP contribution in [0.4, 0.5) is 4.39 Å². The summed E-state index contributed by atoms with van der Waals surface area (Å²) in [5.74, 6) is 1.20. The molecule has 5 nitrogen and oxygen atoms in total. The maximum Gasteiger partial charge on any atom is 0.253 e. The lowest BCUT2D eigenvalue weighted by atomic mass is 9.89. The Kier molecular flexibility index (Phi) is 5.23. The fourth-order valence-electron chi connectivity index (χ4n) is 2.83.